The van der Waals surface area contributed by atoms with Crippen LogP contribution in [0.3, 0.4) is 0 Å². The van der Waals surface area contributed by atoms with E-state index in [1.165, 1.54) is 11.0 Å². The molecule has 1 heterocycles. The standard InChI is InChI=1S/C20H21N3O6S/c1-21-7-9-22(10-8-21)20(25)17-12-16(19(24)14-5-3-2-4-6-14)15(13-30(28)29)11-18(17)23(26)27/h2-6,11-12H,7-10,13H2,1H3,(H,28,29). The lowest BCUT2D eigenvalue weighted by Crippen LogP contribution is -2.47. The van der Waals surface area contributed by atoms with Crippen molar-refractivity contribution in [2.45, 2.75) is 5.75 Å². The Hall–Kier alpha value is -2.95. The number of carbonyl (C=O) groups excluding carboxylic acids is 2. The first-order valence-electron chi connectivity index (χ1n) is 9.24. The topological polar surface area (TPSA) is 121 Å². The molecule has 1 amide bonds. The van der Waals surface area contributed by atoms with Crippen molar-refractivity contribution in [3.63, 3.8) is 0 Å². The molecule has 0 spiro atoms. The van der Waals surface area contributed by atoms with Crippen LogP contribution in [0.15, 0.2) is 42.5 Å². The molecule has 0 bridgehead atoms. The van der Waals surface area contributed by atoms with Gasteiger partial charge in [-0.15, -0.1) is 0 Å². The van der Waals surface area contributed by atoms with Gasteiger partial charge >= 0.3 is 0 Å². The number of nitro benzene ring substituents is 1. The highest BCUT2D eigenvalue weighted by atomic mass is 32.2. The first-order chi connectivity index (χ1) is 14.3. The lowest BCUT2D eigenvalue weighted by Gasteiger charge is -2.32. The van der Waals surface area contributed by atoms with Crippen LogP contribution in [0.25, 0.3) is 0 Å². The van der Waals surface area contributed by atoms with Crippen molar-refractivity contribution in [2.75, 3.05) is 33.2 Å². The van der Waals surface area contributed by atoms with Crippen molar-refractivity contribution in [3.05, 3.63) is 74.8 Å². The van der Waals surface area contributed by atoms with Gasteiger partial charge in [-0.2, -0.15) is 0 Å². The average molecular weight is 431 g/mol. The summed E-state index contributed by atoms with van der Waals surface area (Å²) in [6.07, 6.45) is 0. The maximum Gasteiger partial charge on any atom is 0.282 e. The maximum absolute atomic E-state index is 13.1. The lowest BCUT2D eigenvalue weighted by atomic mass is 9.95. The molecule has 3 rings (SSSR count). The molecule has 1 aliphatic heterocycles. The summed E-state index contributed by atoms with van der Waals surface area (Å²) < 4.78 is 20.7. The van der Waals surface area contributed by atoms with Crippen LogP contribution in [-0.2, 0) is 16.8 Å². The van der Waals surface area contributed by atoms with Crippen molar-refractivity contribution in [3.8, 4) is 0 Å². The van der Waals surface area contributed by atoms with E-state index < -0.39 is 39.1 Å². The molecule has 0 saturated carbocycles. The summed E-state index contributed by atoms with van der Waals surface area (Å²) >= 11 is -2.32. The summed E-state index contributed by atoms with van der Waals surface area (Å²) in [5.74, 6) is -1.47. The normalized spacial score (nSPS) is 15.6. The highest BCUT2D eigenvalue weighted by Crippen LogP contribution is 2.28. The van der Waals surface area contributed by atoms with E-state index >= 15 is 0 Å². The number of ketones is 1. The molecule has 1 saturated heterocycles. The fourth-order valence-electron chi connectivity index (χ4n) is 3.34. The highest BCUT2D eigenvalue weighted by molar-refractivity contribution is 7.78. The summed E-state index contributed by atoms with van der Waals surface area (Å²) in [6.45, 7) is 2.10. The second-order valence-corrected chi connectivity index (χ2v) is 7.97. The molecule has 30 heavy (non-hydrogen) atoms. The number of likely N-dealkylation sites (N-methyl/N-ethyl adjacent to an activating group) is 1. The highest BCUT2D eigenvalue weighted by Gasteiger charge is 2.30. The number of rotatable bonds is 6. The average Bonchev–Trinajstić information content (AvgIpc) is 2.73. The Morgan fingerprint density at radius 1 is 1.10 bits per heavy atom. The SMILES string of the molecule is CN1CCN(C(=O)c2cc(C(=O)c3ccccc3)c(CS(=O)O)cc2[N+](=O)[O-])CC1. The van der Waals surface area contributed by atoms with Crippen molar-refractivity contribution in [1.29, 1.82) is 0 Å². The number of nitro groups is 1. The molecule has 1 aliphatic rings. The minimum absolute atomic E-state index is 0.00618. The first-order valence-corrected chi connectivity index (χ1v) is 10.5. The van der Waals surface area contributed by atoms with E-state index in [4.69, 9.17) is 0 Å². The molecule has 10 heteroatoms. The minimum Gasteiger partial charge on any atom is -0.336 e. The van der Waals surface area contributed by atoms with Gasteiger partial charge < -0.3 is 14.4 Å². The van der Waals surface area contributed by atoms with Gasteiger partial charge in [-0.25, -0.2) is 4.21 Å². The van der Waals surface area contributed by atoms with Gasteiger partial charge in [0, 0.05) is 43.4 Å². The second kappa shape index (κ2) is 9.24. The van der Waals surface area contributed by atoms with Crippen LogP contribution in [-0.4, -0.2) is 68.4 Å². The van der Waals surface area contributed by atoms with Gasteiger partial charge in [0.1, 0.15) is 5.56 Å². The van der Waals surface area contributed by atoms with Gasteiger partial charge in [-0.3, -0.25) is 19.7 Å². The van der Waals surface area contributed by atoms with Crippen molar-refractivity contribution in [2.24, 2.45) is 0 Å². The predicted molar refractivity (Wildman–Crippen MR) is 111 cm³/mol. The lowest BCUT2D eigenvalue weighted by molar-refractivity contribution is -0.385. The monoisotopic (exact) mass is 431 g/mol. The van der Waals surface area contributed by atoms with Crippen molar-refractivity contribution in [1.82, 2.24) is 9.80 Å². The van der Waals surface area contributed by atoms with E-state index in [1.807, 2.05) is 11.9 Å². The molecule has 2 aromatic carbocycles. The minimum atomic E-state index is -2.32. The molecule has 2 aromatic rings. The second-order valence-electron chi connectivity index (χ2n) is 7.04. The molecule has 1 fully saturated rings. The van der Waals surface area contributed by atoms with Crippen LogP contribution in [0.2, 0.25) is 0 Å². The Balaban J connectivity index is 2.11. The maximum atomic E-state index is 13.1. The zero-order chi connectivity index (χ0) is 21.8. The summed E-state index contributed by atoms with van der Waals surface area (Å²) in [5, 5.41) is 11.7. The summed E-state index contributed by atoms with van der Waals surface area (Å²) in [5.41, 5.74) is -0.312. The Labute approximate surface area is 175 Å². The van der Waals surface area contributed by atoms with Gasteiger partial charge in [0.15, 0.2) is 16.9 Å². The summed E-state index contributed by atoms with van der Waals surface area (Å²) in [7, 11) is 1.92. The molecule has 158 valence electrons. The number of hydrogen-bond acceptors (Lipinski definition) is 6. The quantitative estimate of drug-likeness (QED) is 0.321. The van der Waals surface area contributed by atoms with Crippen molar-refractivity contribution >= 4 is 28.5 Å². The third-order valence-electron chi connectivity index (χ3n) is 5.00. The van der Waals surface area contributed by atoms with E-state index in [0.29, 0.717) is 31.7 Å². The number of hydrogen-bond donors (Lipinski definition) is 1. The largest absolute Gasteiger partial charge is 0.336 e. The fourth-order valence-corrected chi connectivity index (χ4v) is 3.85. The molecule has 0 radical (unpaired) electrons. The Morgan fingerprint density at radius 2 is 1.73 bits per heavy atom. The molecule has 1 unspecified atom stereocenters. The molecule has 0 aromatic heterocycles. The van der Waals surface area contributed by atoms with E-state index in [2.05, 4.69) is 0 Å². The smallest absolute Gasteiger partial charge is 0.282 e. The third kappa shape index (κ3) is 4.78. The molecular formula is C20H21N3O6S. The van der Waals surface area contributed by atoms with Crippen LogP contribution < -0.4 is 0 Å². The Bertz CT molecular complexity index is 1000. The summed E-state index contributed by atoms with van der Waals surface area (Å²) in [6, 6.07) is 10.5. The third-order valence-corrected chi connectivity index (χ3v) is 5.56. The Kier molecular flexibility index (Phi) is 6.70. The van der Waals surface area contributed by atoms with Gasteiger partial charge in [-0.1, -0.05) is 30.3 Å². The van der Waals surface area contributed by atoms with E-state index in [-0.39, 0.29) is 16.7 Å². The number of carbonyl (C=O) groups is 2. The van der Waals surface area contributed by atoms with Crippen LogP contribution in [0, 0.1) is 10.1 Å². The van der Waals surface area contributed by atoms with Crippen LogP contribution in [0.4, 0.5) is 5.69 Å². The molecule has 1 atom stereocenters. The molecule has 9 nitrogen and oxygen atoms in total. The van der Waals surface area contributed by atoms with Crippen LogP contribution in [0.5, 0.6) is 0 Å². The number of amides is 1. The molecule has 0 aliphatic carbocycles. The molecular weight excluding hydrogens is 410 g/mol. The van der Waals surface area contributed by atoms with E-state index in [0.717, 1.165) is 6.07 Å². The van der Waals surface area contributed by atoms with Crippen molar-refractivity contribution < 1.29 is 23.3 Å². The number of nitrogens with zero attached hydrogens (tertiary/aromatic N) is 3. The zero-order valence-electron chi connectivity index (χ0n) is 16.3. The fraction of sp³-hybridized carbons (Fsp3) is 0.300. The number of benzene rings is 2. The van der Waals surface area contributed by atoms with Gasteiger partial charge in [0.05, 0.1) is 10.7 Å². The van der Waals surface area contributed by atoms with Crippen LogP contribution in [0.1, 0.15) is 31.8 Å². The van der Waals surface area contributed by atoms with Gasteiger partial charge in [-0.05, 0) is 18.7 Å². The Morgan fingerprint density at radius 3 is 2.30 bits per heavy atom. The van der Waals surface area contributed by atoms with Gasteiger partial charge in [0.25, 0.3) is 11.6 Å². The summed E-state index contributed by atoms with van der Waals surface area (Å²) in [4.78, 5) is 40.6. The predicted octanol–water partition coefficient (Wildman–Crippen LogP) is 1.94. The number of piperazine rings is 1. The first kappa shape index (κ1) is 21.8. The molecule has 1 N–H and O–H groups in total. The van der Waals surface area contributed by atoms with Crippen LogP contribution >= 0.6 is 0 Å². The van der Waals surface area contributed by atoms with Gasteiger partial charge in [0.2, 0.25) is 0 Å². The zero-order valence-corrected chi connectivity index (χ0v) is 17.1. The van der Waals surface area contributed by atoms with E-state index in [1.54, 1.807) is 30.3 Å². The van der Waals surface area contributed by atoms with E-state index in [9.17, 15) is 28.5 Å².